The van der Waals surface area contributed by atoms with E-state index in [0.29, 0.717) is 18.3 Å². The summed E-state index contributed by atoms with van der Waals surface area (Å²) in [5, 5.41) is 10.8. The van der Waals surface area contributed by atoms with Crippen molar-refractivity contribution in [3.05, 3.63) is 47.5 Å². The van der Waals surface area contributed by atoms with Crippen molar-refractivity contribution in [1.29, 1.82) is 0 Å². The third kappa shape index (κ3) is 5.44. The van der Waals surface area contributed by atoms with Crippen molar-refractivity contribution in [2.45, 2.75) is 78.8 Å². The maximum absolute atomic E-state index is 10.8. The van der Waals surface area contributed by atoms with Gasteiger partial charge in [-0.2, -0.15) is 0 Å². The lowest BCUT2D eigenvalue weighted by Gasteiger charge is -2.26. The summed E-state index contributed by atoms with van der Waals surface area (Å²) in [4.78, 5) is 4.58. The highest BCUT2D eigenvalue weighted by Crippen LogP contribution is 2.37. The van der Waals surface area contributed by atoms with Crippen LogP contribution in [0.2, 0.25) is 0 Å². The van der Waals surface area contributed by atoms with Gasteiger partial charge in [-0.05, 0) is 36.3 Å². The van der Waals surface area contributed by atoms with Crippen molar-refractivity contribution in [2.75, 3.05) is 6.54 Å². The number of phenols is 1. The Bertz CT molecular complexity index is 802. The molecule has 4 heteroatoms. The molecule has 0 spiro atoms. The fourth-order valence-electron chi connectivity index (χ4n) is 2.94. The highest BCUT2D eigenvalue weighted by Gasteiger charge is 2.24. The largest absolute Gasteiger partial charge is 0.507 e. The van der Waals surface area contributed by atoms with Crippen LogP contribution in [0.5, 0.6) is 5.75 Å². The summed E-state index contributed by atoms with van der Waals surface area (Å²) in [5.41, 5.74) is 2.89. The van der Waals surface area contributed by atoms with Crippen LogP contribution in [-0.2, 0) is 17.4 Å². The highest BCUT2D eigenvalue weighted by molar-refractivity contribution is 5.85. The van der Waals surface area contributed by atoms with E-state index >= 15 is 0 Å². The number of benzene rings is 1. The number of hydrogen-bond donors (Lipinski definition) is 1. The molecule has 27 heavy (non-hydrogen) atoms. The first-order valence-corrected chi connectivity index (χ1v) is 9.84. The molecule has 1 aromatic heterocycles. The van der Waals surface area contributed by atoms with Crippen molar-refractivity contribution >= 4 is 6.21 Å². The summed E-state index contributed by atoms with van der Waals surface area (Å²) in [5.74, 6) is 0.345. The third-order valence-corrected chi connectivity index (χ3v) is 4.84. The summed E-state index contributed by atoms with van der Waals surface area (Å²) in [6.07, 6.45) is 8.09. The molecule has 0 bridgehead atoms. The van der Waals surface area contributed by atoms with Crippen LogP contribution in [0.4, 0.5) is 0 Å². The molecular formula is C23H36N3O+. The quantitative estimate of drug-likeness (QED) is 0.597. The number of aromatic nitrogens is 2. The maximum atomic E-state index is 10.8. The Labute approximate surface area is 164 Å². The number of aliphatic imine (C=N–C) groups is 1. The molecule has 1 heterocycles. The minimum atomic E-state index is -0.121. The molecule has 0 aliphatic carbocycles. The van der Waals surface area contributed by atoms with Crippen LogP contribution in [0.1, 0.15) is 78.1 Å². The van der Waals surface area contributed by atoms with Crippen LogP contribution in [0, 0.1) is 0 Å². The topological polar surface area (TPSA) is 41.4 Å². The molecule has 0 atom stereocenters. The van der Waals surface area contributed by atoms with Crippen molar-refractivity contribution in [3.8, 4) is 5.75 Å². The first-order chi connectivity index (χ1) is 12.4. The lowest BCUT2D eigenvalue weighted by molar-refractivity contribution is -0.694. The fraction of sp³-hybridized carbons (Fsp3) is 0.565. The first kappa shape index (κ1) is 21.2. The molecule has 1 N–H and O–H groups in total. The van der Waals surface area contributed by atoms with Gasteiger partial charge in [-0.15, -0.1) is 0 Å². The van der Waals surface area contributed by atoms with E-state index in [9.17, 15) is 5.11 Å². The Morgan fingerprint density at radius 2 is 1.78 bits per heavy atom. The van der Waals surface area contributed by atoms with Crippen molar-refractivity contribution in [3.63, 3.8) is 0 Å². The van der Waals surface area contributed by atoms with E-state index in [4.69, 9.17) is 0 Å². The smallest absolute Gasteiger partial charge is 0.244 e. The molecule has 2 rings (SSSR count). The van der Waals surface area contributed by atoms with E-state index in [2.05, 4.69) is 100 Å². The zero-order valence-electron chi connectivity index (χ0n) is 18.2. The van der Waals surface area contributed by atoms with Gasteiger partial charge in [0.2, 0.25) is 6.33 Å². The van der Waals surface area contributed by atoms with Gasteiger partial charge >= 0.3 is 0 Å². The number of imidazole rings is 1. The minimum absolute atomic E-state index is 0.0197. The number of phenolic OH excluding ortho intramolecular Hbond substituents is 1. The van der Waals surface area contributed by atoms with Crippen LogP contribution in [0.25, 0.3) is 0 Å². The van der Waals surface area contributed by atoms with E-state index in [1.54, 1.807) is 0 Å². The molecule has 1 aromatic carbocycles. The molecular weight excluding hydrogens is 334 g/mol. The molecule has 0 aliphatic heterocycles. The van der Waals surface area contributed by atoms with Crippen LogP contribution >= 0.6 is 0 Å². The Morgan fingerprint density at radius 3 is 2.30 bits per heavy atom. The predicted octanol–water partition coefficient (Wildman–Crippen LogP) is 4.78. The Kier molecular flexibility index (Phi) is 6.18. The average Bonchev–Trinajstić information content (AvgIpc) is 2.99. The van der Waals surface area contributed by atoms with Crippen LogP contribution < -0.4 is 4.57 Å². The molecule has 0 fully saturated rings. The standard InChI is InChI=1S/C23H35N3O/c1-17(2)26-12-11-25(16-26)10-9-24-15-18-13-19(22(3,4)5)14-20(21(18)27)23(6,7)8/h11-17H,9-10H2,1-8H3/p+1. The van der Waals surface area contributed by atoms with Gasteiger partial charge in [-0.25, -0.2) is 9.13 Å². The minimum Gasteiger partial charge on any atom is -0.507 e. The predicted molar refractivity (Wildman–Crippen MR) is 113 cm³/mol. The van der Waals surface area contributed by atoms with Crippen LogP contribution in [0.3, 0.4) is 0 Å². The fourth-order valence-corrected chi connectivity index (χ4v) is 2.94. The van der Waals surface area contributed by atoms with Gasteiger partial charge in [0.05, 0.1) is 12.6 Å². The third-order valence-electron chi connectivity index (χ3n) is 4.84. The van der Waals surface area contributed by atoms with E-state index in [1.807, 2.05) is 6.21 Å². The SMILES string of the molecule is CC(C)n1cc[n+](CCN=Cc2cc(C(C)(C)C)cc(C(C)(C)C)c2O)c1. The lowest BCUT2D eigenvalue weighted by atomic mass is 9.79. The molecule has 0 amide bonds. The molecule has 0 saturated carbocycles. The molecule has 4 nitrogen and oxygen atoms in total. The molecule has 2 aromatic rings. The molecule has 0 radical (unpaired) electrons. The number of aromatic hydroxyl groups is 1. The Morgan fingerprint density at radius 1 is 1.11 bits per heavy atom. The van der Waals surface area contributed by atoms with Crippen molar-refractivity contribution in [2.24, 2.45) is 4.99 Å². The summed E-state index contributed by atoms with van der Waals surface area (Å²) in [6.45, 7) is 18.8. The van der Waals surface area contributed by atoms with Crippen LogP contribution in [-0.4, -0.2) is 22.4 Å². The number of nitrogens with zero attached hydrogens (tertiary/aromatic N) is 3. The van der Waals surface area contributed by atoms with Gasteiger partial charge in [-0.1, -0.05) is 47.6 Å². The van der Waals surface area contributed by atoms with Crippen molar-refractivity contribution < 1.29 is 9.67 Å². The second kappa shape index (κ2) is 7.87. The van der Waals surface area contributed by atoms with E-state index in [0.717, 1.165) is 17.7 Å². The zero-order valence-corrected chi connectivity index (χ0v) is 18.2. The Hall–Kier alpha value is -2.10. The average molecular weight is 371 g/mol. The highest BCUT2D eigenvalue weighted by atomic mass is 16.3. The van der Waals surface area contributed by atoms with Crippen molar-refractivity contribution in [1.82, 2.24) is 4.57 Å². The second-order valence-electron chi connectivity index (χ2n) is 9.69. The van der Waals surface area contributed by atoms with Gasteiger partial charge in [0.15, 0.2) is 0 Å². The molecule has 0 unspecified atom stereocenters. The summed E-state index contributed by atoms with van der Waals surface area (Å²) in [6, 6.07) is 4.66. The van der Waals surface area contributed by atoms with Gasteiger partial charge < -0.3 is 5.11 Å². The van der Waals surface area contributed by atoms with E-state index < -0.39 is 0 Å². The molecule has 0 saturated heterocycles. The van der Waals surface area contributed by atoms with Crippen LogP contribution in [0.15, 0.2) is 35.8 Å². The second-order valence-corrected chi connectivity index (χ2v) is 9.69. The summed E-state index contributed by atoms with van der Waals surface area (Å²) in [7, 11) is 0. The summed E-state index contributed by atoms with van der Waals surface area (Å²) < 4.78 is 4.32. The monoisotopic (exact) mass is 370 g/mol. The van der Waals surface area contributed by atoms with Gasteiger partial charge in [-0.3, -0.25) is 4.99 Å². The number of rotatable bonds is 5. The number of hydrogen-bond acceptors (Lipinski definition) is 2. The van der Waals surface area contributed by atoms with Gasteiger partial charge in [0.25, 0.3) is 0 Å². The molecule has 148 valence electrons. The summed E-state index contributed by atoms with van der Waals surface area (Å²) >= 11 is 0. The van der Waals surface area contributed by atoms with E-state index in [1.165, 1.54) is 5.56 Å². The normalized spacial score (nSPS) is 13.1. The lowest BCUT2D eigenvalue weighted by Crippen LogP contribution is -2.32. The van der Waals surface area contributed by atoms with E-state index in [-0.39, 0.29) is 10.8 Å². The van der Waals surface area contributed by atoms with Gasteiger partial charge in [0.1, 0.15) is 24.7 Å². The first-order valence-electron chi connectivity index (χ1n) is 9.84. The Balaban J connectivity index is 2.22. The zero-order chi connectivity index (χ0) is 20.4. The molecule has 0 aliphatic rings. The van der Waals surface area contributed by atoms with Gasteiger partial charge in [0, 0.05) is 17.3 Å². The maximum Gasteiger partial charge on any atom is 0.244 e.